The van der Waals surface area contributed by atoms with E-state index in [-0.39, 0.29) is 5.56 Å². The summed E-state index contributed by atoms with van der Waals surface area (Å²) in [7, 11) is 0. The molecule has 2 rings (SSSR count). The summed E-state index contributed by atoms with van der Waals surface area (Å²) in [5.74, 6) is -0.940. The smallest absolute Gasteiger partial charge is 0.335 e. The molecule has 0 atom stereocenters. The van der Waals surface area contributed by atoms with Gasteiger partial charge in [0, 0.05) is 15.6 Å². The minimum atomic E-state index is -0.940. The Balaban J connectivity index is 2.21. The Hall–Kier alpha value is -1.33. The average Bonchev–Trinajstić information content (AvgIpc) is 2.32. The molecule has 0 aliphatic carbocycles. The van der Waals surface area contributed by atoms with E-state index >= 15 is 0 Å². The van der Waals surface area contributed by atoms with Crippen molar-refractivity contribution in [1.29, 1.82) is 0 Å². The summed E-state index contributed by atoms with van der Waals surface area (Å²) in [6, 6.07) is 10.8. The van der Waals surface area contributed by atoms with Gasteiger partial charge < -0.3 is 5.11 Å². The standard InChI is InChI=1S/C12H8BrNO2S/c13-9-1-3-10(4-2-9)17-11-7-8(12(15)16)5-6-14-11/h1-7H,(H,15,16). The monoisotopic (exact) mass is 309 g/mol. The Morgan fingerprint density at radius 1 is 1.24 bits per heavy atom. The number of carboxylic acids is 1. The summed E-state index contributed by atoms with van der Waals surface area (Å²) in [6.07, 6.45) is 1.50. The van der Waals surface area contributed by atoms with Crippen LogP contribution in [-0.4, -0.2) is 16.1 Å². The Kier molecular flexibility index (Phi) is 3.81. The first-order valence-electron chi connectivity index (χ1n) is 4.78. The summed E-state index contributed by atoms with van der Waals surface area (Å²) >= 11 is 4.79. The highest BCUT2D eigenvalue weighted by Gasteiger charge is 2.05. The number of rotatable bonds is 3. The fourth-order valence-corrected chi connectivity index (χ4v) is 2.30. The third kappa shape index (κ3) is 3.31. The Labute approximate surface area is 111 Å². The van der Waals surface area contributed by atoms with Crippen molar-refractivity contribution in [2.75, 3.05) is 0 Å². The minimum absolute atomic E-state index is 0.250. The number of carbonyl (C=O) groups is 1. The quantitative estimate of drug-likeness (QED) is 0.939. The van der Waals surface area contributed by atoms with Gasteiger partial charge in [0.15, 0.2) is 0 Å². The number of halogens is 1. The van der Waals surface area contributed by atoms with Crippen molar-refractivity contribution in [2.45, 2.75) is 9.92 Å². The van der Waals surface area contributed by atoms with Gasteiger partial charge in [0.2, 0.25) is 0 Å². The summed E-state index contributed by atoms with van der Waals surface area (Å²) in [5, 5.41) is 9.54. The molecule has 0 radical (unpaired) electrons. The first-order chi connectivity index (χ1) is 8.15. The number of aromatic nitrogens is 1. The highest BCUT2D eigenvalue weighted by Crippen LogP contribution is 2.27. The van der Waals surface area contributed by atoms with Gasteiger partial charge in [-0.25, -0.2) is 9.78 Å². The van der Waals surface area contributed by atoms with Crippen LogP contribution >= 0.6 is 27.7 Å². The van der Waals surface area contributed by atoms with Crippen LogP contribution in [0.5, 0.6) is 0 Å². The Morgan fingerprint density at radius 3 is 2.59 bits per heavy atom. The number of hydrogen-bond donors (Lipinski definition) is 1. The highest BCUT2D eigenvalue weighted by atomic mass is 79.9. The van der Waals surface area contributed by atoms with Crippen molar-refractivity contribution < 1.29 is 9.90 Å². The van der Waals surface area contributed by atoms with Crippen LogP contribution in [0.1, 0.15) is 10.4 Å². The van der Waals surface area contributed by atoms with Gasteiger partial charge in [0.05, 0.1) is 5.56 Å². The average molecular weight is 310 g/mol. The zero-order chi connectivity index (χ0) is 12.3. The third-order valence-corrected chi connectivity index (χ3v) is 3.49. The van der Waals surface area contributed by atoms with Crippen molar-refractivity contribution in [3.63, 3.8) is 0 Å². The van der Waals surface area contributed by atoms with Crippen LogP contribution in [0.3, 0.4) is 0 Å². The second-order valence-corrected chi connectivity index (χ2v) is 5.25. The maximum Gasteiger partial charge on any atom is 0.335 e. The van der Waals surface area contributed by atoms with E-state index in [1.807, 2.05) is 24.3 Å². The molecule has 0 unspecified atom stereocenters. The molecule has 0 saturated heterocycles. The maximum absolute atomic E-state index is 10.8. The van der Waals surface area contributed by atoms with E-state index in [1.54, 1.807) is 6.07 Å². The molecule has 0 fully saturated rings. The lowest BCUT2D eigenvalue weighted by atomic mass is 10.3. The lowest BCUT2D eigenvalue weighted by molar-refractivity contribution is 0.0696. The molecule has 1 aromatic heterocycles. The van der Waals surface area contributed by atoms with Crippen molar-refractivity contribution in [1.82, 2.24) is 4.98 Å². The van der Waals surface area contributed by atoms with E-state index in [9.17, 15) is 4.79 Å². The molecule has 0 saturated carbocycles. The number of hydrogen-bond acceptors (Lipinski definition) is 3. The first-order valence-corrected chi connectivity index (χ1v) is 6.39. The van der Waals surface area contributed by atoms with Gasteiger partial charge >= 0.3 is 5.97 Å². The highest BCUT2D eigenvalue weighted by molar-refractivity contribution is 9.10. The number of pyridine rings is 1. The number of nitrogens with zero attached hydrogens (tertiary/aromatic N) is 1. The van der Waals surface area contributed by atoms with Crippen molar-refractivity contribution in [3.05, 3.63) is 52.6 Å². The topological polar surface area (TPSA) is 50.2 Å². The second kappa shape index (κ2) is 5.33. The van der Waals surface area contributed by atoms with E-state index in [0.29, 0.717) is 5.03 Å². The van der Waals surface area contributed by atoms with Crippen molar-refractivity contribution >= 4 is 33.7 Å². The molecule has 17 heavy (non-hydrogen) atoms. The predicted octanol–water partition coefficient (Wildman–Crippen LogP) is 3.69. The van der Waals surface area contributed by atoms with E-state index in [0.717, 1.165) is 9.37 Å². The molecule has 86 valence electrons. The molecular weight excluding hydrogens is 302 g/mol. The van der Waals surface area contributed by atoms with Crippen LogP contribution in [0.4, 0.5) is 0 Å². The summed E-state index contributed by atoms with van der Waals surface area (Å²) < 4.78 is 1.01. The molecule has 1 N–H and O–H groups in total. The molecule has 3 nitrogen and oxygen atoms in total. The lowest BCUT2D eigenvalue weighted by Crippen LogP contribution is -1.96. The van der Waals surface area contributed by atoms with E-state index in [2.05, 4.69) is 20.9 Å². The molecule has 1 heterocycles. The predicted molar refractivity (Wildman–Crippen MR) is 69.5 cm³/mol. The van der Waals surface area contributed by atoms with Gasteiger partial charge in [-0.3, -0.25) is 0 Å². The normalized spacial score (nSPS) is 10.2. The second-order valence-electron chi connectivity index (χ2n) is 3.24. The van der Waals surface area contributed by atoms with Gasteiger partial charge in [-0.15, -0.1) is 0 Å². The maximum atomic E-state index is 10.8. The van der Waals surface area contributed by atoms with E-state index in [4.69, 9.17) is 5.11 Å². The fourth-order valence-electron chi connectivity index (χ4n) is 1.22. The van der Waals surface area contributed by atoms with E-state index in [1.165, 1.54) is 24.0 Å². The number of aromatic carboxylic acids is 1. The van der Waals surface area contributed by atoms with Crippen LogP contribution in [0.15, 0.2) is 57.0 Å². The van der Waals surface area contributed by atoms with Crippen LogP contribution < -0.4 is 0 Å². The van der Waals surface area contributed by atoms with Crippen molar-refractivity contribution in [2.24, 2.45) is 0 Å². The Morgan fingerprint density at radius 2 is 1.94 bits per heavy atom. The van der Waals surface area contributed by atoms with Crippen LogP contribution in [0.25, 0.3) is 0 Å². The summed E-state index contributed by atoms with van der Waals surface area (Å²) in [6.45, 7) is 0. The summed E-state index contributed by atoms with van der Waals surface area (Å²) in [5.41, 5.74) is 0.250. The molecule has 0 aliphatic heterocycles. The molecule has 5 heteroatoms. The largest absolute Gasteiger partial charge is 0.478 e. The van der Waals surface area contributed by atoms with Gasteiger partial charge in [-0.2, -0.15) is 0 Å². The first kappa shape index (κ1) is 12.1. The van der Waals surface area contributed by atoms with E-state index < -0.39 is 5.97 Å². The molecule has 0 bridgehead atoms. The molecule has 0 spiro atoms. The van der Waals surface area contributed by atoms with Gasteiger partial charge in [0.1, 0.15) is 5.03 Å². The molecule has 1 aromatic carbocycles. The number of carboxylic acid groups (broad SMARTS) is 1. The van der Waals surface area contributed by atoms with Crippen molar-refractivity contribution in [3.8, 4) is 0 Å². The third-order valence-electron chi connectivity index (χ3n) is 2.02. The SMILES string of the molecule is O=C(O)c1ccnc(Sc2ccc(Br)cc2)c1. The van der Waals surface area contributed by atoms with Gasteiger partial charge in [0.25, 0.3) is 0 Å². The van der Waals surface area contributed by atoms with Crippen LogP contribution in [0, 0.1) is 0 Å². The van der Waals surface area contributed by atoms with Gasteiger partial charge in [-0.1, -0.05) is 27.7 Å². The van der Waals surface area contributed by atoms with Crippen LogP contribution in [0.2, 0.25) is 0 Å². The lowest BCUT2D eigenvalue weighted by Gasteiger charge is -2.02. The van der Waals surface area contributed by atoms with Gasteiger partial charge in [-0.05, 0) is 36.4 Å². The number of benzene rings is 1. The zero-order valence-corrected chi connectivity index (χ0v) is 11.0. The summed E-state index contributed by atoms with van der Waals surface area (Å²) in [4.78, 5) is 16.0. The molecule has 2 aromatic rings. The minimum Gasteiger partial charge on any atom is -0.478 e. The molecule has 0 aliphatic rings. The van der Waals surface area contributed by atoms with Crippen LogP contribution in [-0.2, 0) is 0 Å². The zero-order valence-electron chi connectivity index (χ0n) is 8.63. The Bertz CT molecular complexity index is 542. The molecule has 0 amide bonds. The fraction of sp³-hybridized carbons (Fsp3) is 0. The molecular formula is C12H8BrNO2S.